The maximum Gasteiger partial charge on any atom is 0.156 e. The third-order valence-electron chi connectivity index (χ3n) is 6.57. The second-order valence-electron chi connectivity index (χ2n) is 8.59. The topological polar surface area (TPSA) is 32.3 Å². The zero-order chi connectivity index (χ0) is 18.1. The molecule has 0 radical (unpaired) electrons. The monoisotopic (exact) mass is 352 g/mol. The minimum Gasteiger partial charge on any atom is -0.303 e. The number of nitrogens with one attached hydrogen (secondary N) is 1. The molecule has 1 N–H and O–H groups in total. The second-order valence-corrected chi connectivity index (χ2v) is 8.59. The Morgan fingerprint density at radius 1 is 1.15 bits per heavy atom. The lowest BCUT2D eigenvalue weighted by molar-refractivity contribution is -0.122. The van der Waals surface area contributed by atoms with Crippen LogP contribution in [0.3, 0.4) is 0 Å². The summed E-state index contributed by atoms with van der Waals surface area (Å²) >= 11 is 0. The van der Waals surface area contributed by atoms with E-state index in [9.17, 15) is 4.79 Å². The number of hydrogen-bond donors (Lipinski definition) is 1. The van der Waals surface area contributed by atoms with Crippen molar-refractivity contribution in [3.63, 3.8) is 0 Å². The molecule has 3 heteroatoms. The number of hydrogen-bond acceptors (Lipinski definition) is 3. The van der Waals surface area contributed by atoms with Crippen LogP contribution >= 0.6 is 0 Å². The first-order valence-electron chi connectivity index (χ1n) is 10.4. The SMILES string of the molecule is CC(C)C(=O)C1NCC2C1=CCC2c1ccc(CCN2CCCC2)cc1. The maximum absolute atomic E-state index is 12.4. The summed E-state index contributed by atoms with van der Waals surface area (Å²) in [6, 6.07) is 9.27. The number of carbonyl (C=O) groups is 1. The maximum atomic E-state index is 12.4. The Morgan fingerprint density at radius 3 is 2.58 bits per heavy atom. The Hall–Kier alpha value is -1.45. The van der Waals surface area contributed by atoms with Crippen molar-refractivity contribution in [1.29, 1.82) is 0 Å². The van der Waals surface area contributed by atoms with E-state index in [-0.39, 0.29) is 12.0 Å². The van der Waals surface area contributed by atoms with E-state index in [1.54, 1.807) is 0 Å². The van der Waals surface area contributed by atoms with E-state index in [2.05, 4.69) is 40.6 Å². The number of allylic oxidation sites excluding steroid dienone is 1. The lowest BCUT2D eigenvalue weighted by Crippen LogP contribution is -2.34. The first kappa shape index (κ1) is 17.9. The van der Waals surface area contributed by atoms with Gasteiger partial charge in [0.05, 0.1) is 6.04 Å². The predicted molar refractivity (Wildman–Crippen MR) is 106 cm³/mol. The molecule has 140 valence electrons. The fourth-order valence-corrected chi connectivity index (χ4v) is 4.96. The molecule has 2 saturated heterocycles. The van der Waals surface area contributed by atoms with Crippen molar-refractivity contribution in [3.8, 4) is 0 Å². The van der Waals surface area contributed by atoms with Crippen molar-refractivity contribution in [1.82, 2.24) is 10.2 Å². The van der Waals surface area contributed by atoms with E-state index in [0.29, 0.717) is 17.6 Å². The molecular formula is C23H32N2O. The van der Waals surface area contributed by atoms with Crippen LogP contribution in [0.25, 0.3) is 0 Å². The summed E-state index contributed by atoms with van der Waals surface area (Å²) in [5.74, 6) is 1.48. The predicted octanol–water partition coefficient (Wildman–Crippen LogP) is 3.55. The molecule has 2 heterocycles. The number of nitrogens with zero attached hydrogens (tertiary/aromatic N) is 1. The fraction of sp³-hybridized carbons (Fsp3) is 0.609. The summed E-state index contributed by atoms with van der Waals surface area (Å²) in [6.45, 7) is 8.70. The third-order valence-corrected chi connectivity index (χ3v) is 6.57. The largest absolute Gasteiger partial charge is 0.303 e. The van der Waals surface area contributed by atoms with Crippen molar-refractivity contribution in [2.24, 2.45) is 11.8 Å². The molecule has 3 nitrogen and oxygen atoms in total. The number of benzene rings is 1. The van der Waals surface area contributed by atoms with Crippen molar-refractivity contribution < 1.29 is 4.79 Å². The van der Waals surface area contributed by atoms with Crippen molar-refractivity contribution in [2.45, 2.75) is 51.5 Å². The molecule has 26 heavy (non-hydrogen) atoms. The Morgan fingerprint density at radius 2 is 1.88 bits per heavy atom. The van der Waals surface area contributed by atoms with Crippen molar-refractivity contribution in [2.75, 3.05) is 26.2 Å². The van der Waals surface area contributed by atoms with Gasteiger partial charge in [0.2, 0.25) is 0 Å². The highest BCUT2D eigenvalue weighted by Gasteiger charge is 2.42. The van der Waals surface area contributed by atoms with E-state index in [1.165, 1.54) is 49.2 Å². The van der Waals surface area contributed by atoms with Gasteiger partial charge in [-0.05, 0) is 61.4 Å². The summed E-state index contributed by atoms with van der Waals surface area (Å²) in [6.07, 6.45) is 7.31. The van der Waals surface area contributed by atoms with Gasteiger partial charge in [-0.25, -0.2) is 0 Å². The first-order chi connectivity index (χ1) is 12.6. The van der Waals surface area contributed by atoms with E-state index in [1.807, 2.05) is 13.8 Å². The molecule has 0 aromatic heterocycles. The van der Waals surface area contributed by atoms with Gasteiger partial charge in [0.15, 0.2) is 5.78 Å². The van der Waals surface area contributed by atoms with E-state index in [4.69, 9.17) is 0 Å². The molecule has 0 bridgehead atoms. The number of fused-ring (bicyclic) bond motifs is 1. The van der Waals surface area contributed by atoms with Gasteiger partial charge in [0.25, 0.3) is 0 Å². The van der Waals surface area contributed by atoms with Crippen LogP contribution in [0.2, 0.25) is 0 Å². The highest BCUT2D eigenvalue weighted by molar-refractivity contribution is 5.89. The molecule has 3 aliphatic rings. The number of rotatable bonds is 6. The van der Waals surface area contributed by atoms with E-state index in [0.717, 1.165) is 19.4 Å². The van der Waals surface area contributed by atoms with Crippen LogP contribution in [0.4, 0.5) is 0 Å². The summed E-state index contributed by atoms with van der Waals surface area (Å²) in [4.78, 5) is 15.0. The van der Waals surface area contributed by atoms with Gasteiger partial charge >= 0.3 is 0 Å². The Kier molecular flexibility index (Phi) is 5.28. The Balaban J connectivity index is 1.37. The van der Waals surface area contributed by atoms with Crippen LogP contribution < -0.4 is 5.32 Å². The van der Waals surface area contributed by atoms with Crippen molar-refractivity contribution in [3.05, 3.63) is 47.0 Å². The number of Topliss-reactive ketones (excluding diaryl/α,β-unsaturated/α-hetero) is 1. The zero-order valence-electron chi connectivity index (χ0n) is 16.2. The third kappa shape index (κ3) is 3.52. The minimum atomic E-state index is -0.0373. The number of likely N-dealkylation sites (tertiary alicyclic amines) is 1. The molecule has 4 rings (SSSR count). The lowest BCUT2D eigenvalue weighted by Gasteiger charge is -2.19. The van der Waals surface area contributed by atoms with Crippen LogP contribution in [0.5, 0.6) is 0 Å². The smallest absolute Gasteiger partial charge is 0.156 e. The summed E-state index contributed by atoms with van der Waals surface area (Å²) < 4.78 is 0. The molecule has 1 aromatic carbocycles. The molecule has 0 saturated carbocycles. The van der Waals surface area contributed by atoms with Gasteiger partial charge in [-0.3, -0.25) is 4.79 Å². The van der Waals surface area contributed by atoms with Crippen LogP contribution in [0.15, 0.2) is 35.9 Å². The van der Waals surface area contributed by atoms with Gasteiger partial charge in [-0.1, -0.05) is 44.2 Å². The molecule has 3 unspecified atom stereocenters. The fourth-order valence-electron chi connectivity index (χ4n) is 4.96. The van der Waals surface area contributed by atoms with Crippen LogP contribution in [0.1, 0.15) is 50.2 Å². The number of ketones is 1. The molecule has 0 spiro atoms. The highest BCUT2D eigenvalue weighted by Crippen LogP contribution is 2.43. The van der Waals surface area contributed by atoms with Gasteiger partial charge in [0.1, 0.15) is 0 Å². The average molecular weight is 353 g/mol. The zero-order valence-corrected chi connectivity index (χ0v) is 16.2. The van der Waals surface area contributed by atoms with Gasteiger partial charge < -0.3 is 10.2 Å². The van der Waals surface area contributed by atoms with Gasteiger partial charge in [-0.2, -0.15) is 0 Å². The quantitative estimate of drug-likeness (QED) is 0.795. The standard InChI is InChI=1S/C23H32N2O/c1-16(2)23(26)22-20-10-9-19(21(20)15-24-22)18-7-5-17(6-8-18)11-14-25-12-3-4-13-25/h5-8,10,16,19,21-22,24H,3-4,9,11-15H2,1-2H3. The molecule has 0 amide bonds. The normalized spacial score (nSPS) is 28.6. The molecule has 2 fully saturated rings. The highest BCUT2D eigenvalue weighted by atomic mass is 16.1. The molecule has 1 aliphatic carbocycles. The average Bonchev–Trinajstić information content (AvgIpc) is 3.37. The summed E-state index contributed by atoms with van der Waals surface area (Å²) in [7, 11) is 0. The molecular weight excluding hydrogens is 320 g/mol. The van der Waals surface area contributed by atoms with Gasteiger partial charge in [0, 0.05) is 24.9 Å². The lowest BCUT2D eigenvalue weighted by atomic mass is 9.84. The molecule has 1 aromatic rings. The van der Waals surface area contributed by atoms with Crippen LogP contribution in [-0.2, 0) is 11.2 Å². The van der Waals surface area contributed by atoms with Crippen LogP contribution in [-0.4, -0.2) is 42.9 Å². The van der Waals surface area contributed by atoms with Crippen molar-refractivity contribution >= 4 is 5.78 Å². The first-order valence-corrected chi connectivity index (χ1v) is 10.4. The van der Waals surface area contributed by atoms with E-state index >= 15 is 0 Å². The van der Waals surface area contributed by atoms with Gasteiger partial charge in [-0.15, -0.1) is 0 Å². The van der Waals surface area contributed by atoms with E-state index < -0.39 is 0 Å². The molecule has 2 aliphatic heterocycles. The van der Waals surface area contributed by atoms with Crippen LogP contribution in [0, 0.1) is 11.8 Å². The Bertz CT molecular complexity index is 670. The number of carbonyl (C=O) groups excluding carboxylic acids is 1. The second kappa shape index (κ2) is 7.66. The minimum absolute atomic E-state index is 0.0373. The summed E-state index contributed by atoms with van der Waals surface area (Å²) in [5, 5.41) is 3.48. The summed E-state index contributed by atoms with van der Waals surface area (Å²) in [5.41, 5.74) is 4.24. The molecule has 3 atom stereocenters. The Labute approximate surface area is 157 Å².